The third-order valence-corrected chi connectivity index (χ3v) is 2.95. The molecule has 4 heteroatoms. The Balaban J connectivity index is 2.03. The number of para-hydroxylation sites is 2. The Bertz CT molecular complexity index is 337. The van der Waals surface area contributed by atoms with E-state index in [-0.39, 0.29) is 0 Å². The lowest BCUT2D eigenvalue weighted by atomic mass is 10.2. The Morgan fingerprint density at radius 2 is 2.00 bits per heavy atom. The van der Waals surface area contributed by atoms with Gasteiger partial charge in [0, 0.05) is 19.6 Å². The zero-order valence-corrected chi connectivity index (χ0v) is 10.2. The average Bonchev–Trinajstić information content (AvgIpc) is 2.41. The number of anilines is 2. The smallest absolute Gasteiger partial charge is 0.0642 e. The zero-order chi connectivity index (χ0) is 11.9. The highest BCUT2D eigenvalue weighted by Crippen LogP contribution is 2.26. The van der Waals surface area contributed by atoms with Crippen LogP contribution < -0.4 is 16.0 Å². The molecule has 1 fully saturated rings. The second-order valence-electron chi connectivity index (χ2n) is 4.19. The van der Waals surface area contributed by atoms with Gasteiger partial charge in [0.05, 0.1) is 24.6 Å². The van der Waals surface area contributed by atoms with Crippen molar-refractivity contribution in [2.24, 2.45) is 5.73 Å². The van der Waals surface area contributed by atoms with Crippen LogP contribution in [0.2, 0.25) is 0 Å². The highest BCUT2D eigenvalue weighted by atomic mass is 16.5. The van der Waals surface area contributed by atoms with Gasteiger partial charge in [-0.15, -0.1) is 0 Å². The maximum absolute atomic E-state index is 5.51. The van der Waals surface area contributed by atoms with E-state index in [4.69, 9.17) is 10.5 Å². The molecule has 3 N–H and O–H groups in total. The molecular weight excluding hydrogens is 214 g/mol. The third-order valence-electron chi connectivity index (χ3n) is 2.95. The molecule has 1 saturated heterocycles. The van der Waals surface area contributed by atoms with E-state index >= 15 is 0 Å². The quantitative estimate of drug-likeness (QED) is 0.755. The largest absolute Gasteiger partial charge is 0.383 e. The minimum atomic E-state index is 0.729. The molecule has 0 aliphatic carbocycles. The molecule has 0 aromatic heterocycles. The lowest BCUT2D eigenvalue weighted by molar-refractivity contribution is 0.123. The predicted octanol–water partition coefficient (Wildman–Crippen LogP) is 1.28. The van der Waals surface area contributed by atoms with Crippen molar-refractivity contribution in [2.75, 3.05) is 49.6 Å². The summed E-state index contributed by atoms with van der Waals surface area (Å²) >= 11 is 0. The molecule has 1 aliphatic rings. The first-order valence-corrected chi connectivity index (χ1v) is 6.27. The third kappa shape index (κ3) is 3.35. The average molecular weight is 235 g/mol. The fourth-order valence-electron chi connectivity index (χ4n) is 2.03. The molecule has 94 valence electrons. The second-order valence-corrected chi connectivity index (χ2v) is 4.19. The van der Waals surface area contributed by atoms with Gasteiger partial charge in [0.25, 0.3) is 0 Å². The van der Waals surface area contributed by atoms with E-state index < -0.39 is 0 Å². The van der Waals surface area contributed by atoms with Gasteiger partial charge in [-0.2, -0.15) is 0 Å². The molecule has 1 aromatic rings. The highest BCUT2D eigenvalue weighted by Gasteiger charge is 2.13. The predicted molar refractivity (Wildman–Crippen MR) is 71.6 cm³/mol. The van der Waals surface area contributed by atoms with Crippen molar-refractivity contribution in [3.63, 3.8) is 0 Å². The Morgan fingerprint density at radius 3 is 2.76 bits per heavy atom. The molecule has 0 atom stereocenters. The van der Waals surface area contributed by atoms with Crippen molar-refractivity contribution >= 4 is 11.4 Å². The number of benzene rings is 1. The lowest BCUT2D eigenvalue weighted by Crippen LogP contribution is -2.36. The maximum Gasteiger partial charge on any atom is 0.0642 e. The van der Waals surface area contributed by atoms with E-state index in [0.717, 1.165) is 45.8 Å². The Morgan fingerprint density at radius 1 is 1.24 bits per heavy atom. The Hall–Kier alpha value is -1.26. The van der Waals surface area contributed by atoms with Gasteiger partial charge in [-0.05, 0) is 25.1 Å². The van der Waals surface area contributed by atoms with Gasteiger partial charge in [-0.25, -0.2) is 0 Å². The maximum atomic E-state index is 5.51. The van der Waals surface area contributed by atoms with E-state index in [1.807, 2.05) is 0 Å². The van der Waals surface area contributed by atoms with Crippen molar-refractivity contribution in [3.8, 4) is 0 Å². The summed E-state index contributed by atoms with van der Waals surface area (Å²) in [6.07, 6.45) is 0.997. The standard InChI is InChI=1S/C13H21N3O/c14-6-3-7-15-12-4-1-2-5-13(12)16-8-10-17-11-9-16/h1-2,4-5,15H,3,6-11,14H2. The van der Waals surface area contributed by atoms with Crippen LogP contribution in [0.1, 0.15) is 6.42 Å². The zero-order valence-electron chi connectivity index (χ0n) is 10.2. The number of nitrogens with one attached hydrogen (secondary N) is 1. The van der Waals surface area contributed by atoms with Crippen LogP contribution in [0.5, 0.6) is 0 Å². The Labute approximate surface area is 103 Å². The van der Waals surface area contributed by atoms with Crippen LogP contribution in [-0.2, 0) is 4.74 Å². The van der Waals surface area contributed by atoms with Gasteiger partial charge in [-0.1, -0.05) is 12.1 Å². The monoisotopic (exact) mass is 235 g/mol. The number of hydrogen-bond donors (Lipinski definition) is 2. The summed E-state index contributed by atoms with van der Waals surface area (Å²) in [4.78, 5) is 2.37. The minimum absolute atomic E-state index is 0.729. The van der Waals surface area contributed by atoms with E-state index in [0.29, 0.717) is 0 Å². The summed E-state index contributed by atoms with van der Waals surface area (Å²) in [5.41, 5.74) is 7.97. The molecule has 0 unspecified atom stereocenters. The van der Waals surface area contributed by atoms with Crippen LogP contribution in [0.4, 0.5) is 11.4 Å². The van der Waals surface area contributed by atoms with E-state index in [1.165, 1.54) is 11.4 Å². The van der Waals surface area contributed by atoms with Crippen molar-refractivity contribution in [1.29, 1.82) is 0 Å². The lowest BCUT2D eigenvalue weighted by Gasteiger charge is -2.30. The van der Waals surface area contributed by atoms with Gasteiger partial charge >= 0.3 is 0 Å². The first-order chi connectivity index (χ1) is 8.42. The van der Waals surface area contributed by atoms with Crippen molar-refractivity contribution in [2.45, 2.75) is 6.42 Å². The van der Waals surface area contributed by atoms with Crippen LogP contribution in [0, 0.1) is 0 Å². The number of rotatable bonds is 5. The van der Waals surface area contributed by atoms with Crippen LogP contribution in [0.15, 0.2) is 24.3 Å². The normalized spacial score (nSPS) is 15.9. The van der Waals surface area contributed by atoms with Gasteiger partial charge in [0.1, 0.15) is 0 Å². The van der Waals surface area contributed by atoms with E-state index in [1.54, 1.807) is 0 Å². The molecule has 2 rings (SSSR count). The first-order valence-electron chi connectivity index (χ1n) is 6.27. The molecule has 0 bridgehead atoms. The number of ether oxygens (including phenoxy) is 1. The Kier molecular flexibility index (Phi) is 4.64. The topological polar surface area (TPSA) is 50.5 Å². The van der Waals surface area contributed by atoms with Crippen LogP contribution in [0.25, 0.3) is 0 Å². The van der Waals surface area contributed by atoms with E-state index in [2.05, 4.69) is 34.5 Å². The number of morpholine rings is 1. The van der Waals surface area contributed by atoms with Crippen LogP contribution in [0.3, 0.4) is 0 Å². The van der Waals surface area contributed by atoms with Crippen molar-refractivity contribution in [3.05, 3.63) is 24.3 Å². The molecule has 0 saturated carbocycles. The minimum Gasteiger partial charge on any atom is -0.383 e. The summed E-state index contributed by atoms with van der Waals surface area (Å²) in [5.74, 6) is 0. The van der Waals surface area contributed by atoms with Gasteiger partial charge in [0.15, 0.2) is 0 Å². The molecule has 17 heavy (non-hydrogen) atoms. The fourth-order valence-corrected chi connectivity index (χ4v) is 2.03. The molecule has 0 radical (unpaired) electrons. The first kappa shape index (κ1) is 12.2. The van der Waals surface area contributed by atoms with Crippen molar-refractivity contribution in [1.82, 2.24) is 0 Å². The van der Waals surface area contributed by atoms with Gasteiger partial charge in [-0.3, -0.25) is 0 Å². The summed E-state index contributed by atoms with van der Waals surface area (Å²) < 4.78 is 5.38. The molecule has 1 aliphatic heterocycles. The van der Waals surface area contributed by atoms with Gasteiger partial charge in [0.2, 0.25) is 0 Å². The highest BCUT2D eigenvalue weighted by molar-refractivity contribution is 5.70. The molecule has 1 heterocycles. The molecular formula is C13H21N3O. The number of hydrogen-bond acceptors (Lipinski definition) is 4. The summed E-state index contributed by atoms with van der Waals surface area (Å²) in [6.45, 7) is 5.23. The molecule has 0 spiro atoms. The SMILES string of the molecule is NCCCNc1ccccc1N1CCOCC1. The molecule has 1 aromatic carbocycles. The molecule has 4 nitrogen and oxygen atoms in total. The summed E-state index contributed by atoms with van der Waals surface area (Å²) in [5, 5.41) is 3.45. The fraction of sp³-hybridized carbons (Fsp3) is 0.538. The van der Waals surface area contributed by atoms with Crippen LogP contribution >= 0.6 is 0 Å². The number of nitrogens with two attached hydrogens (primary N) is 1. The number of nitrogens with zero attached hydrogens (tertiary/aromatic N) is 1. The molecule has 0 amide bonds. The van der Waals surface area contributed by atoms with Crippen molar-refractivity contribution < 1.29 is 4.74 Å². The second kappa shape index (κ2) is 6.47. The van der Waals surface area contributed by atoms with Crippen LogP contribution in [-0.4, -0.2) is 39.4 Å². The summed E-state index contributed by atoms with van der Waals surface area (Å²) in [6, 6.07) is 8.44. The van der Waals surface area contributed by atoms with E-state index in [9.17, 15) is 0 Å². The van der Waals surface area contributed by atoms with Gasteiger partial charge < -0.3 is 20.7 Å². The summed E-state index contributed by atoms with van der Waals surface area (Å²) in [7, 11) is 0.